The quantitative estimate of drug-likeness (QED) is 0.522. The highest BCUT2D eigenvalue weighted by molar-refractivity contribution is 7.13. The Hall–Kier alpha value is -2.53. The molecule has 0 spiro atoms. The molecule has 1 N–H and O–H groups in total. The van der Waals surface area contributed by atoms with Crippen LogP contribution in [0.4, 0.5) is 0 Å². The second-order valence-corrected chi connectivity index (χ2v) is 6.98. The molecule has 5 heteroatoms. The molecule has 0 saturated heterocycles. The molecule has 0 aliphatic rings. The summed E-state index contributed by atoms with van der Waals surface area (Å²) in [7, 11) is 0. The number of amides is 1. The van der Waals surface area contributed by atoms with Gasteiger partial charge in [-0.15, -0.1) is 11.3 Å². The number of hydrogen-bond acceptors (Lipinski definition) is 4. The number of rotatable bonds is 6. The lowest BCUT2D eigenvalue weighted by Gasteiger charge is -2.08. The lowest BCUT2D eigenvalue weighted by atomic mass is 10.1. The number of pyridine rings is 1. The van der Waals surface area contributed by atoms with Gasteiger partial charge in [0.15, 0.2) is 0 Å². The first kappa shape index (κ1) is 17.3. The summed E-state index contributed by atoms with van der Waals surface area (Å²) in [6.07, 6.45) is 4.54. The lowest BCUT2D eigenvalue weighted by Crippen LogP contribution is -2.18. The Morgan fingerprint density at radius 1 is 1.24 bits per heavy atom. The molecule has 3 rings (SSSR count). The zero-order valence-electron chi connectivity index (χ0n) is 14.5. The maximum atomic E-state index is 12.6. The van der Waals surface area contributed by atoms with E-state index >= 15 is 0 Å². The maximum absolute atomic E-state index is 12.6. The fraction of sp³-hybridized carbons (Fsp3) is 0.250. The predicted octanol–water partition coefficient (Wildman–Crippen LogP) is 4.58. The molecular weight excluding hydrogens is 330 g/mol. The van der Waals surface area contributed by atoms with E-state index in [0.29, 0.717) is 5.56 Å². The van der Waals surface area contributed by atoms with Crippen molar-refractivity contribution in [1.29, 1.82) is 0 Å². The van der Waals surface area contributed by atoms with Gasteiger partial charge in [-0.1, -0.05) is 38.5 Å². The van der Waals surface area contributed by atoms with E-state index in [0.717, 1.165) is 40.7 Å². The number of nitrogens with one attached hydrogen (secondary N) is 1. The molecule has 25 heavy (non-hydrogen) atoms. The SMILES string of the molecule is CCCc1cc(C(=O)NN=Cc2ccc(CC)s2)c2ccccc2n1. The van der Waals surface area contributed by atoms with E-state index in [1.54, 1.807) is 17.6 Å². The Morgan fingerprint density at radius 2 is 2.08 bits per heavy atom. The highest BCUT2D eigenvalue weighted by Crippen LogP contribution is 2.19. The van der Waals surface area contributed by atoms with Gasteiger partial charge in [-0.3, -0.25) is 9.78 Å². The Kier molecular flexibility index (Phi) is 5.56. The number of fused-ring (bicyclic) bond motifs is 1. The number of hydrogen-bond donors (Lipinski definition) is 1. The molecule has 2 heterocycles. The van der Waals surface area contributed by atoms with Gasteiger partial charge in [-0.05, 0) is 37.1 Å². The van der Waals surface area contributed by atoms with Crippen molar-refractivity contribution in [3.05, 3.63) is 63.5 Å². The number of aromatic nitrogens is 1. The first-order valence-corrected chi connectivity index (χ1v) is 9.33. The molecule has 0 radical (unpaired) electrons. The minimum absolute atomic E-state index is 0.209. The number of benzene rings is 1. The third-order valence-electron chi connectivity index (χ3n) is 3.91. The largest absolute Gasteiger partial charge is 0.272 e. The number of hydrazone groups is 1. The summed E-state index contributed by atoms with van der Waals surface area (Å²) in [5.41, 5.74) is 5.04. The fourth-order valence-electron chi connectivity index (χ4n) is 2.67. The molecular formula is C20H21N3OS. The third-order valence-corrected chi connectivity index (χ3v) is 5.07. The number of carbonyl (C=O) groups is 1. The Bertz CT molecular complexity index is 914. The van der Waals surface area contributed by atoms with Crippen molar-refractivity contribution in [2.24, 2.45) is 5.10 Å². The van der Waals surface area contributed by atoms with Crippen LogP contribution in [0, 0.1) is 0 Å². The van der Waals surface area contributed by atoms with Crippen LogP contribution < -0.4 is 5.43 Å². The van der Waals surface area contributed by atoms with Crippen LogP contribution in [-0.4, -0.2) is 17.1 Å². The minimum Gasteiger partial charge on any atom is -0.267 e. The lowest BCUT2D eigenvalue weighted by molar-refractivity contribution is 0.0956. The van der Waals surface area contributed by atoms with Crippen LogP contribution in [0.3, 0.4) is 0 Å². The molecule has 0 atom stereocenters. The van der Waals surface area contributed by atoms with E-state index < -0.39 is 0 Å². The van der Waals surface area contributed by atoms with E-state index in [9.17, 15) is 4.79 Å². The minimum atomic E-state index is -0.209. The topological polar surface area (TPSA) is 54.4 Å². The summed E-state index contributed by atoms with van der Waals surface area (Å²) >= 11 is 1.68. The van der Waals surface area contributed by atoms with Crippen molar-refractivity contribution < 1.29 is 4.79 Å². The average molecular weight is 351 g/mol. The number of aryl methyl sites for hydroxylation is 2. The van der Waals surface area contributed by atoms with Crippen LogP contribution in [-0.2, 0) is 12.8 Å². The normalized spacial score (nSPS) is 11.3. The summed E-state index contributed by atoms with van der Waals surface area (Å²) < 4.78 is 0. The van der Waals surface area contributed by atoms with Gasteiger partial charge in [-0.2, -0.15) is 5.10 Å². The number of carbonyl (C=O) groups excluding carboxylic acids is 1. The van der Waals surface area contributed by atoms with Crippen LogP contribution in [0.15, 0.2) is 47.6 Å². The molecule has 0 aliphatic carbocycles. The molecule has 4 nitrogen and oxygen atoms in total. The van der Waals surface area contributed by atoms with Crippen molar-refractivity contribution in [2.45, 2.75) is 33.1 Å². The van der Waals surface area contributed by atoms with Crippen molar-refractivity contribution in [2.75, 3.05) is 0 Å². The van der Waals surface area contributed by atoms with Crippen LogP contribution in [0.1, 0.15) is 46.1 Å². The van der Waals surface area contributed by atoms with Crippen LogP contribution >= 0.6 is 11.3 Å². The molecule has 128 valence electrons. The van der Waals surface area contributed by atoms with Gasteiger partial charge in [0.05, 0.1) is 17.3 Å². The van der Waals surface area contributed by atoms with Gasteiger partial charge in [0.1, 0.15) is 0 Å². The summed E-state index contributed by atoms with van der Waals surface area (Å²) in [5, 5.41) is 4.96. The molecule has 3 aromatic rings. The summed E-state index contributed by atoms with van der Waals surface area (Å²) in [6, 6.07) is 13.7. The zero-order chi connectivity index (χ0) is 17.6. The molecule has 1 amide bonds. The van der Waals surface area contributed by atoms with Crippen LogP contribution in [0.5, 0.6) is 0 Å². The summed E-state index contributed by atoms with van der Waals surface area (Å²) in [4.78, 5) is 19.6. The second-order valence-electron chi connectivity index (χ2n) is 5.79. The van der Waals surface area contributed by atoms with E-state index in [-0.39, 0.29) is 5.91 Å². The molecule has 2 aromatic heterocycles. The van der Waals surface area contributed by atoms with Gasteiger partial charge in [-0.25, -0.2) is 5.43 Å². The van der Waals surface area contributed by atoms with Gasteiger partial charge in [0, 0.05) is 20.8 Å². The fourth-order valence-corrected chi connectivity index (χ4v) is 3.50. The first-order valence-electron chi connectivity index (χ1n) is 8.52. The smallest absolute Gasteiger partial charge is 0.267 e. The highest BCUT2D eigenvalue weighted by Gasteiger charge is 2.12. The summed E-state index contributed by atoms with van der Waals surface area (Å²) in [5.74, 6) is -0.209. The van der Waals surface area contributed by atoms with Crippen LogP contribution in [0.2, 0.25) is 0 Å². The van der Waals surface area contributed by atoms with E-state index in [1.807, 2.05) is 36.4 Å². The average Bonchev–Trinajstić information content (AvgIpc) is 3.09. The molecule has 0 saturated carbocycles. The van der Waals surface area contributed by atoms with Gasteiger partial charge in [0.2, 0.25) is 0 Å². The van der Waals surface area contributed by atoms with Crippen molar-refractivity contribution in [3.8, 4) is 0 Å². The van der Waals surface area contributed by atoms with E-state index in [1.165, 1.54) is 4.88 Å². The van der Waals surface area contributed by atoms with Crippen molar-refractivity contribution in [3.63, 3.8) is 0 Å². The van der Waals surface area contributed by atoms with Crippen LogP contribution in [0.25, 0.3) is 10.9 Å². The number of thiophene rings is 1. The van der Waals surface area contributed by atoms with Crippen molar-refractivity contribution in [1.82, 2.24) is 10.4 Å². The van der Waals surface area contributed by atoms with Gasteiger partial charge >= 0.3 is 0 Å². The third kappa shape index (κ3) is 4.12. The number of para-hydroxylation sites is 1. The highest BCUT2D eigenvalue weighted by atomic mass is 32.1. The monoisotopic (exact) mass is 351 g/mol. The Labute approximate surface area is 151 Å². The van der Waals surface area contributed by atoms with Gasteiger partial charge in [0.25, 0.3) is 5.91 Å². The molecule has 0 bridgehead atoms. The summed E-state index contributed by atoms with van der Waals surface area (Å²) in [6.45, 7) is 4.23. The van der Waals surface area contributed by atoms with Gasteiger partial charge < -0.3 is 0 Å². The second kappa shape index (κ2) is 8.03. The van der Waals surface area contributed by atoms with E-state index in [4.69, 9.17) is 0 Å². The standard InChI is InChI=1S/C20H21N3OS/c1-3-7-14-12-18(17-8-5-6-9-19(17)22-14)20(24)23-21-13-16-11-10-15(4-2)25-16/h5-6,8-13H,3-4,7H2,1-2H3,(H,23,24). The molecule has 1 aromatic carbocycles. The predicted molar refractivity (Wildman–Crippen MR) is 104 cm³/mol. The van der Waals surface area contributed by atoms with E-state index in [2.05, 4.69) is 35.4 Å². The Balaban J connectivity index is 1.83. The molecule has 0 fully saturated rings. The first-order chi connectivity index (χ1) is 12.2. The molecule has 0 aliphatic heterocycles. The Morgan fingerprint density at radius 3 is 2.84 bits per heavy atom. The zero-order valence-corrected chi connectivity index (χ0v) is 15.3. The maximum Gasteiger partial charge on any atom is 0.272 e. The number of nitrogens with zero attached hydrogens (tertiary/aromatic N) is 2. The van der Waals surface area contributed by atoms with Crippen molar-refractivity contribution >= 4 is 34.4 Å². The molecule has 0 unspecified atom stereocenters.